The lowest BCUT2D eigenvalue weighted by Gasteiger charge is -2.29. The number of anilines is 2. The molecule has 4 amide bonds. The van der Waals surface area contributed by atoms with Gasteiger partial charge in [-0.1, -0.05) is 23.7 Å². The number of nitrogens with zero attached hydrogens (tertiary/aromatic N) is 2. The molecule has 7 heteroatoms. The van der Waals surface area contributed by atoms with Gasteiger partial charge in [0.2, 0.25) is 0 Å². The molecule has 4 rings (SSSR count). The summed E-state index contributed by atoms with van der Waals surface area (Å²) in [5.41, 5.74) is 2.10. The second-order valence-corrected chi connectivity index (χ2v) is 7.51. The molecule has 2 fully saturated rings. The van der Waals surface area contributed by atoms with E-state index in [1.54, 1.807) is 24.3 Å². The highest BCUT2D eigenvalue weighted by molar-refractivity contribution is 6.39. The van der Waals surface area contributed by atoms with Crippen molar-refractivity contribution in [3.05, 3.63) is 64.7 Å². The van der Waals surface area contributed by atoms with Crippen molar-refractivity contribution in [3.63, 3.8) is 0 Å². The van der Waals surface area contributed by atoms with E-state index in [2.05, 4.69) is 10.2 Å². The number of carbonyl (C=O) groups excluding carboxylic acids is 3. The molecule has 0 spiro atoms. The van der Waals surface area contributed by atoms with Gasteiger partial charge in [0, 0.05) is 23.8 Å². The number of benzene rings is 2. The third-order valence-electron chi connectivity index (χ3n) is 5.11. The first-order valence-corrected chi connectivity index (χ1v) is 9.93. The van der Waals surface area contributed by atoms with Crippen molar-refractivity contribution in [1.29, 1.82) is 0 Å². The fourth-order valence-corrected chi connectivity index (χ4v) is 3.71. The average Bonchev–Trinajstić information content (AvgIpc) is 2.73. The molecular formula is C22H20ClN3O3. The highest BCUT2D eigenvalue weighted by Crippen LogP contribution is 2.25. The summed E-state index contributed by atoms with van der Waals surface area (Å²) in [5, 5.41) is 2.71. The zero-order valence-corrected chi connectivity index (χ0v) is 16.5. The first kappa shape index (κ1) is 19.2. The molecule has 6 nitrogen and oxygen atoms in total. The molecule has 0 atom stereocenters. The maximum Gasteiger partial charge on any atom is 0.335 e. The van der Waals surface area contributed by atoms with Crippen LogP contribution in [0.5, 0.6) is 0 Å². The normalized spacial score (nSPS) is 18.9. The molecule has 0 radical (unpaired) electrons. The Kier molecular flexibility index (Phi) is 5.36. The Bertz CT molecular complexity index is 977. The van der Waals surface area contributed by atoms with Gasteiger partial charge >= 0.3 is 6.03 Å². The summed E-state index contributed by atoms with van der Waals surface area (Å²) >= 11 is 5.88. The van der Waals surface area contributed by atoms with Crippen LogP contribution in [0.1, 0.15) is 24.8 Å². The fraction of sp³-hybridized carbons (Fsp3) is 0.227. The van der Waals surface area contributed by atoms with Crippen LogP contribution in [-0.2, 0) is 9.59 Å². The summed E-state index contributed by atoms with van der Waals surface area (Å²) in [4.78, 5) is 40.7. The molecule has 148 valence electrons. The van der Waals surface area contributed by atoms with Crippen LogP contribution in [0.3, 0.4) is 0 Å². The monoisotopic (exact) mass is 409 g/mol. The lowest BCUT2D eigenvalue weighted by atomic mass is 10.1. The lowest BCUT2D eigenvalue weighted by molar-refractivity contribution is -0.122. The number of nitrogens with one attached hydrogen (secondary N) is 1. The molecule has 2 heterocycles. The Morgan fingerprint density at radius 2 is 1.45 bits per heavy atom. The van der Waals surface area contributed by atoms with Crippen molar-refractivity contribution >= 4 is 46.9 Å². The van der Waals surface area contributed by atoms with Gasteiger partial charge < -0.3 is 4.90 Å². The number of barbiturate groups is 1. The molecule has 2 saturated heterocycles. The Morgan fingerprint density at radius 3 is 2.10 bits per heavy atom. The number of imide groups is 2. The molecule has 2 aromatic rings. The molecule has 2 aromatic carbocycles. The van der Waals surface area contributed by atoms with Crippen molar-refractivity contribution in [3.8, 4) is 0 Å². The van der Waals surface area contributed by atoms with Gasteiger partial charge in [-0.05, 0) is 67.3 Å². The standard InChI is InChI=1S/C22H20ClN3O3/c23-16-6-10-18(11-7-16)26-21(28)19(20(27)24-22(26)29)14-15-4-8-17(9-5-15)25-12-2-1-3-13-25/h4-11,14H,1-3,12-13H2,(H,24,27,29)/b19-14-. The average molecular weight is 410 g/mol. The van der Waals surface area contributed by atoms with Crippen molar-refractivity contribution in [1.82, 2.24) is 5.32 Å². The third-order valence-corrected chi connectivity index (χ3v) is 5.36. The van der Waals surface area contributed by atoms with Crippen LogP contribution in [0.4, 0.5) is 16.2 Å². The molecule has 1 N–H and O–H groups in total. The second-order valence-electron chi connectivity index (χ2n) is 7.07. The van der Waals surface area contributed by atoms with Crippen LogP contribution < -0.4 is 15.1 Å². The van der Waals surface area contributed by atoms with E-state index in [-0.39, 0.29) is 5.57 Å². The van der Waals surface area contributed by atoms with Gasteiger partial charge in [-0.3, -0.25) is 14.9 Å². The Morgan fingerprint density at radius 1 is 0.828 bits per heavy atom. The third kappa shape index (κ3) is 4.03. The Hall–Kier alpha value is -3.12. The predicted molar refractivity (Wildman–Crippen MR) is 113 cm³/mol. The minimum Gasteiger partial charge on any atom is -0.372 e. The van der Waals surface area contributed by atoms with Crippen LogP contribution in [0.25, 0.3) is 6.08 Å². The Balaban J connectivity index is 1.59. The van der Waals surface area contributed by atoms with Crippen LogP contribution in [0.15, 0.2) is 54.1 Å². The van der Waals surface area contributed by atoms with E-state index in [0.29, 0.717) is 10.7 Å². The van der Waals surface area contributed by atoms with Gasteiger partial charge in [-0.2, -0.15) is 0 Å². The number of amides is 4. The fourth-order valence-electron chi connectivity index (χ4n) is 3.58. The van der Waals surface area contributed by atoms with Gasteiger partial charge in [0.1, 0.15) is 5.57 Å². The maximum atomic E-state index is 12.9. The predicted octanol–water partition coefficient (Wildman–Crippen LogP) is 4.00. The number of hydrogen-bond acceptors (Lipinski definition) is 4. The van der Waals surface area contributed by atoms with Gasteiger partial charge in [0.15, 0.2) is 0 Å². The van der Waals surface area contributed by atoms with Crippen LogP contribution in [0.2, 0.25) is 5.02 Å². The van der Waals surface area contributed by atoms with E-state index in [1.807, 2.05) is 24.3 Å². The first-order chi connectivity index (χ1) is 14.0. The second kappa shape index (κ2) is 8.09. The van der Waals surface area contributed by atoms with Gasteiger partial charge in [0.05, 0.1) is 5.69 Å². The summed E-state index contributed by atoms with van der Waals surface area (Å²) in [6, 6.07) is 13.2. The van der Waals surface area contributed by atoms with Crippen LogP contribution in [0, 0.1) is 0 Å². The van der Waals surface area contributed by atoms with E-state index in [1.165, 1.54) is 25.3 Å². The quantitative estimate of drug-likeness (QED) is 0.614. The van der Waals surface area contributed by atoms with Crippen molar-refractivity contribution in [2.24, 2.45) is 0 Å². The lowest BCUT2D eigenvalue weighted by Crippen LogP contribution is -2.54. The number of halogens is 1. The zero-order valence-electron chi connectivity index (χ0n) is 15.7. The highest BCUT2D eigenvalue weighted by atomic mass is 35.5. The number of urea groups is 1. The first-order valence-electron chi connectivity index (χ1n) is 9.55. The molecule has 0 aliphatic carbocycles. The van der Waals surface area contributed by atoms with E-state index in [0.717, 1.165) is 29.2 Å². The zero-order chi connectivity index (χ0) is 20.4. The number of carbonyl (C=O) groups is 3. The van der Waals surface area contributed by atoms with E-state index in [4.69, 9.17) is 11.6 Å². The molecule has 29 heavy (non-hydrogen) atoms. The summed E-state index contributed by atoms with van der Waals surface area (Å²) in [7, 11) is 0. The highest BCUT2D eigenvalue weighted by Gasteiger charge is 2.36. The van der Waals surface area contributed by atoms with Gasteiger partial charge in [0.25, 0.3) is 11.8 Å². The molecule has 2 aliphatic rings. The molecule has 0 saturated carbocycles. The molecule has 0 bridgehead atoms. The summed E-state index contributed by atoms with van der Waals surface area (Å²) in [6.07, 6.45) is 5.15. The van der Waals surface area contributed by atoms with Crippen LogP contribution >= 0.6 is 11.6 Å². The molecule has 0 unspecified atom stereocenters. The molecule has 2 aliphatic heterocycles. The van der Waals surface area contributed by atoms with Crippen molar-refractivity contribution < 1.29 is 14.4 Å². The van der Waals surface area contributed by atoms with Gasteiger partial charge in [-0.25, -0.2) is 9.69 Å². The minimum atomic E-state index is -0.778. The summed E-state index contributed by atoms with van der Waals surface area (Å²) < 4.78 is 0. The molecular weight excluding hydrogens is 390 g/mol. The topological polar surface area (TPSA) is 69.7 Å². The SMILES string of the molecule is O=C1NC(=O)N(c2ccc(Cl)cc2)C(=O)/C1=C\c1ccc(N2CCCCC2)cc1. The Labute approximate surface area is 173 Å². The van der Waals surface area contributed by atoms with E-state index < -0.39 is 17.8 Å². The number of rotatable bonds is 3. The smallest absolute Gasteiger partial charge is 0.335 e. The summed E-state index contributed by atoms with van der Waals surface area (Å²) in [5.74, 6) is -1.37. The van der Waals surface area contributed by atoms with Crippen molar-refractivity contribution in [2.75, 3.05) is 22.9 Å². The van der Waals surface area contributed by atoms with Crippen molar-refractivity contribution in [2.45, 2.75) is 19.3 Å². The van der Waals surface area contributed by atoms with Crippen LogP contribution in [-0.4, -0.2) is 30.9 Å². The summed E-state index contributed by atoms with van der Waals surface area (Å²) in [6.45, 7) is 2.08. The maximum absolute atomic E-state index is 12.9. The molecule has 0 aromatic heterocycles. The van der Waals surface area contributed by atoms with E-state index >= 15 is 0 Å². The van der Waals surface area contributed by atoms with E-state index in [9.17, 15) is 14.4 Å². The minimum absolute atomic E-state index is 0.0923. The number of piperidine rings is 1. The largest absolute Gasteiger partial charge is 0.372 e. The van der Waals surface area contributed by atoms with Gasteiger partial charge in [-0.15, -0.1) is 0 Å². The number of hydrogen-bond donors (Lipinski definition) is 1.